The summed E-state index contributed by atoms with van der Waals surface area (Å²) in [6, 6.07) is 15.6. The van der Waals surface area contributed by atoms with Gasteiger partial charge >= 0.3 is 12.1 Å². The van der Waals surface area contributed by atoms with Crippen molar-refractivity contribution in [3.8, 4) is 0 Å². The van der Waals surface area contributed by atoms with Gasteiger partial charge in [-0.1, -0.05) is 72.4 Å². The number of fused-ring (bicyclic) bond motifs is 1. The highest BCUT2D eigenvalue weighted by atomic mass is 35.5. The lowest BCUT2D eigenvalue weighted by Crippen LogP contribution is -2.36. The van der Waals surface area contributed by atoms with Crippen LogP contribution >= 0.6 is 23.2 Å². The molecule has 2 amide bonds. The van der Waals surface area contributed by atoms with Crippen molar-refractivity contribution in [2.24, 2.45) is 17.8 Å². The highest BCUT2D eigenvalue weighted by Gasteiger charge is 2.42. The number of halogens is 5. The maximum Gasteiger partial charge on any atom is 0.490 e. The van der Waals surface area contributed by atoms with Crippen molar-refractivity contribution in [2.75, 3.05) is 32.7 Å². The molecule has 2 aromatic carbocycles. The monoisotopic (exact) mass is 627 g/mol. The molecule has 0 spiro atoms. The van der Waals surface area contributed by atoms with Crippen molar-refractivity contribution in [1.29, 1.82) is 0 Å². The van der Waals surface area contributed by atoms with Crippen LogP contribution in [0.4, 0.5) is 13.2 Å². The SMILES string of the molecule is O=C(NC(CCN1CC2CN(C(=O)c3c(Cl)cccc3Cl)C[C@@H]2C1)c1ccccc1)C1CCCC1.O=C(O)C(F)(F)F. The maximum absolute atomic E-state index is 13.1. The first kappa shape index (κ1) is 32.1. The Hall–Kier alpha value is -2.82. The van der Waals surface area contributed by atoms with Crippen molar-refractivity contribution < 1.29 is 32.7 Å². The van der Waals surface area contributed by atoms with E-state index in [1.165, 1.54) is 5.56 Å². The number of amides is 2. The van der Waals surface area contributed by atoms with Gasteiger partial charge in [0.05, 0.1) is 21.7 Å². The molecule has 0 bridgehead atoms. The minimum Gasteiger partial charge on any atom is -0.475 e. The third-order valence-electron chi connectivity index (χ3n) is 8.25. The molecule has 5 rings (SSSR count). The largest absolute Gasteiger partial charge is 0.490 e. The molecule has 12 heteroatoms. The quantitative estimate of drug-likeness (QED) is 0.389. The van der Waals surface area contributed by atoms with E-state index in [1.807, 2.05) is 23.1 Å². The van der Waals surface area contributed by atoms with Crippen LogP contribution in [0.25, 0.3) is 0 Å². The molecule has 1 aliphatic carbocycles. The number of carbonyl (C=O) groups is 3. The van der Waals surface area contributed by atoms with Gasteiger partial charge in [0.1, 0.15) is 0 Å². The predicted octanol–water partition coefficient (Wildman–Crippen LogP) is 6.07. The Morgan fingerprint density at radius 3 is 1.98 bits per heavy atom. The summed E-state index contributed by atoms with van der Waals surface area (Å²) >= 11 is 12.6. The van der Waals surface area contributed by atoms with Crippen molar-refractivity contribution in [2.45, 2.75) is 44.3 Å². The molecule has 2 aliphatic heterocycles. The van der Waals surface area contributed by atoms with E-state index >= 15 is 0 Å². The van der Waals surface area contributed by atoms with Crippen LogP contribution in [-0.2, 0) is 9.59 Å². The Morgan fingerprint density at radius 2 is 1.45 bits per heavy atom. The molecular formula is C30H34Cl2F3N3O4. The number of aliphatic carboxylic acids is 1. The van der Waals surface area contributed by atoms with E-state index in [-0.39, 0.29) is 23.8 Å². The molecule has 2 saturated heterocycles. The fourth-order valence-corrected chi connectivity index (χ4v) is 6.65. The highest BCUT2D eigenvalue weighted by molar-refractivity contribution is 6.39. The van der Waals surface area contributed by atoms with E-state index < -0.39 is 12.1 Å². The summed E-state index contributed by atoms with van der Waals surface area (Å²) < 4.78 is 31.7. The summed E-state index contributed by atoms with van der Waals surface area (Å²) in [5, 5.41) is 11.3. The normalized spacial score (nSPS) is 21.4. The van der Waals surface area contributed by atoms with Crippen molar-refractivity contribution in [3.63, 3.8) is 0 Å². The van der Waals surface area contributed by atoms with Crippen molar-refractivity contribution in [1.82, 2.24) is 15.1 Å². The van der Waals surface area contributed by atoms with E-state index in [1.54, 1.807) is 18.2 Å². The van der Waals surface area contributed by atoms with E-state index in [2.05, 4.69) is 22.3 Å². The second-order valence-corrected chi connectivity index (χ2v) is 11.9. The number of rotatable bonds is 7. The number of likely N-dealkylation sites (tertiary alicyclic amines) is 2. The highest BCUT2D eigenvalue weighted by Crippen LogP contribution is 2.35. The number of hydrogen-bond donors (Lipinski definition) is 2. The summed E-state index contributed by atoms with van der Waals surface area (Å²) in [6.45, 7) is 4.36. The smallest absolute Gasteiger partial charge is 0.475 e. The Balaban J connectivity index is 0.000000517. The van der Waals surface area contributed by atoms with Crippen LogP contribution in [-0.4, -0.2) is 71.6 Å². The van der Waals surface area contributed by atoms with Gasteiger partial charge < -0.3 is 20.2 Å². The second-order valence-electron chi connectivity index (χ2n) is 11.1. The molecule has 42 heavy (non-hydrogen) atoms. The molecule has 2 N–H and O–H groups in total. The fraction of sp³-hybridized carbons (Fsp3) is 0.500. The van der Waals surface area contributed by atoms with Gasteiger partial charge in [-0.25, -0.2) is 4.79 Å². The van der Waals surface area contributed by atoms with Crippen LogP contribution in [0.1, 0.15) is 54.1 Å². The molecule has 228 valence electrons. The molecule has 2 aromatic rings. The molecule has 7 nitrogen and oxygen atoms in total. The molecule has 3 aliphatic rings. The van der Waals surface area contributed by atoms with Crippen molar-refractivity contribution in [3.05, 3.63) is 69.7 Å². The predicted molar refractivity (Wildman–Crippen MR) is 153 cm³/mol. The average Bonchev–Trinajstić information content (AvgIpc) is 3.69. The minimum atomic E-state index is -5.08. The Morgan fingerprint density at radius 1 is 0.905 bits per heavy atom. The molecule has 2 unspecified atom stereocenters. The number of carboxylic acids is 1. The van der Waals surface area contributed by atoms with E-state index in [9.17, 15) is 22.8 Å². The van der Waals surface area contributed by atoms with Crippen LogP contribution < -0.4 is 5.32 Å². The number of carbonyl (C=O) groups excluding carboxylic acids is 2. The van der Waals surface area contributed by atoms with Crippen LogP contribution in [0.15, 0.2) is 48.5 Å². The number of alkyl halides is 3. The van der Waals surface area contributed by atoms with Gasteiger partial charge in [0.25, 0.3) is 5.91 Å². The first-order valence-electron chi connectivity index (χ1n) is 14.0. The third kappa shape index (κ3) is 8.17. The molecule has 0 radical (unpaired) electrons. The summed E-state index contributed by atoms with van der Waals surface area (Å²) in [5.74, 6) is -1.52. The zero-order chi connectivity index (χ0) is 30.4. The zero-order valence-electron chi connectivity index (χ0n) is 23.0. The number of benzene rings is 2. The fourth-order valence-electron chi connectivity index (χ4n) is 6.10. The average molecular weight is 629 g/mol. The minimum absolute atomic E-state index is 0.0326. The zero-order valence-corrected chi connectivity index (χ0v) is 24.5. The van der Waals surface area contributed by atoms with Crippen LogP contribution in [0.5, 0.6) is 0 Å². The second kappa shape index (κ2) is 14.1. The van der Waals surface area contributed by atoms with Crippen LogP contribution in [0.2, 0.25) is 10.0 Å². The summed E-state index contributed by atoms with van der Waals surface area (Å²) in [6.07, 6.45) is 0.147. The third-order valence-corrected chi connectivity index (χ3v) is 8.88. The van der Waals surface area contributed by atoms with Gasteiger partial charge in [0.15, 0.2) is 0 Å². The van der Waals surface area contributed by atoms with Gasteiger partial charge in [-0.05, 0) is 48.8 Å². The van der Waals surface area contributed by atoms with Gasteiger partial charge in [0, 0.05) is 38.6 Å². The summed E-state index contributed by atoms with van der Waals surface area (Å²) in [4.78, 5) is 39.3. The first-order chi connectivity index (χ1) is 19.9. The van der Waals surface area contributed by atoms with Crippen LogP contribution in [0, 0.1) is 17.8 Å². The lowest BCUT2D eigenvalue weighted by atomic mass is 10.0. The van der Waals surface area contributed by atoms with Gasteiger partial charge in [0.2, 0.25) is 5.91 Å². The van der Waals surface area contributed by atoms with E-state index in [0.717, 1.165) is 64.8 Å². The topological polar surface area (TPSA) is 90.0 Å². The molecule has 3 atom stereocenters. The lowest BCUT2D eigenvalue weighted by Gasteiger charge is -2.26. The van der Waals surface area contributed by atoms with Gasteiger partial charge in [-0.3, -0.25) is 9.59 Å². The Kier molecular flexibility index (Phi) is 10.8. The number of nitrogens with one attached hydrogen (secondary N) is 1. The molecule has 2 heterocycles. The number of hydrogen-bond acceptors (Lipinski definition) is 4. The van der Waals surface area contributed by atoms with Crippen molar-refractivity contribution >= 4 is 41.0 Å². The maximum atomic E-state index is 13.1. The number of nitrogens with zero attached hydrogens (tertiary/aromatic N) is 2. The molecular weight excluding hydrogens is 594 g/mol. The first-order valence-corrected chi connectivity index (χ1v) is 14.8. The standard InChI is InChI=1S/C28H33Cl2N3O2.C2HF3O2/c29-23-11-6-12-24(30)26(23)28(35)33-17-21-15-32(16-22(21)18-33)14-13-25(19-7-2-1-3-8-19)31-27(34)20-9-4-5-10-20;3-2(4,5)1(6)7/h1-3,6-8,11-12,20-22,25H,4-5,9-10,13-18H2,(H,31,34);(H,6,7)/t21-,22?,25?;/m0./s1. The lowest BCUT2D eigenvalue weighted by molar-refractivity contribution is -0.192. The van der Waals surface area contributed by atoms with Crippen LogP contribution in [0.3, 0.4) is 0 Å². The summed E-state index contributed by atoms with van der Waals surface area (Å²) in [5.41, 5.74) is 1.59. The number of carboxylic acid groups (broad SMARTS) is 1. The summed E-state index contributed by atoms with van der Waals surface area (Å²) in [7, 11) is 0. The Labute approximate surface area is 252 Å². The van der Waals surface area contributed by atoms with Gasteiger partial charge in [-0.15, -0.1) is 0 Å². The Bertz CT molecular complexity index is 1220. The molecule has 3 fully saturated rings. The van der Waals surface area contributed by atoms with E-state index in [0.29, 0.717) is 27.4 Å². The molecule has 1 saturated carbocycles. The molecule has 0 aromatic heterocycles. The van der Waals surface area contributed by atoms with E-state index in [4.69, 9.17) is 33.1 Å². The van der Waals surface area contributed by atoms with Gasteiger partial charge in [-0.2, -0.15) is 13.2 Å².